The van der Waals surface area contributed by atoms with Gasteiger partial charge < -0.3 is 10.1 Å². The number of hydrogen-bond donors (Lipinski definition) is 1. The predicted octanol–water partition coefficient (Wildman–Crippen LogP) is 2.03. The van der Waals surface area contributed by atoms with E-state index in [1.165, 1.54) is 25.3 Å². The maximum atomic E-state index is 12.0. The number of amides is 1. The third-order valence-electron chi connectivity index (χ3n) is 2.68. The third-order valence-corrected chi connectivity index (χ3v) is 2.68. The summed E-state index contributed by atoms with van der Waals surface area (Å²) in [5.74, 6) is -0.454. The number of nitrogens with zero attached hydrogens (tertiary/aromatic N) is 2. The van der Waals surface area contributed by atoms with Gasteiger partial charge in [0.25, 0.3) is 5.91 Å². The van der Waals surface area contributed by atoms with Gasteiger partial charge in [-0.3, -0.25) is 14.9 Å². The molecule has 1 N–H and O–H groups in total. The summed E-state index contributed by atoms with van der Waals surface area (Å²) in [7, 11) is 1.29. The van der Waals surface area contributed by atoms with Gasteiger partial charge in [-0.05, 0) is 12.5 Å². The first-order chi connectivity index (χ1) is 9.53. The number of nitrogens with one attached hydrogen (secondary N) is 1. The minimum absolute atomic E-state index is 0.00616. The van der Waals surface area contributed by atoms with E-state index < -0.39 is 16.9 Å². The molecule has 1 unspecified atom stereocenters. The summed E-state index contributed by atoms with van der Waals surface area (Å²) >= 11 is 0. The first-order valence-electron chi connectivity index (χ1n) is 6.06. The van der Waals surface area contributed by atoms with Crippen LogP contribution in [0.5, 0.6) is 5.75 Å². The highest BCUT2D eigenvalue weighted by Gasteiger charge is 2.18. The number of methoxy groups -OCH3 is 1. The van der Waals surface area contributed by atoms with Gasteiger partial charge in [-0.1, -0.05) is 13.3 Å². The minimum atomic E-state index is -0.588. The van der Waals surface area contributed by atoms with E-state index in [1.807, 2.05) is 13.0 Å². The molecule has 0 aliphatic heterocycles. The highest BCUT2D eigenvalue weighted by Crippen LogP contribution is 2.27. The van der Waals surface area contributed by atoms with Crippen molar-refractivity contribution >= 4 is 11.6 Å². The lowest BCUT2D eigenvalue weighted by atomic mass is 10.1. The van der Waals surface area contributed by atoms with Gasteiger partial charge in [0.15, 0.2) is 5.75 Å². The van der Waals surface area contributed by atoms with Gasteiger partial charge in [-0.2, -0.15) is 5.26 Å². The fraction of sp³-hybridized carbons (Fsp3) is 0.385. The third kappa shape index (κ3) is 3.68. The number of ether oxygens (including phenoxy) is 1. The number of nitro groups is 1. The first-order valence-corrected chi connectivity index (χ1v) is 6.06. The van der Waals surface area contributed by atoms with Crippen LogP contribution in [0.2, 0.25) is 0 Å². The van der Waals surface area contributed by atoms with Crippen LogP contribution in [0, 0.1) is 21.4 Å². The molecule has 1 atom stereocenters. The molecule has 1 rings (SSSR count). The Balaban J connectivity index is 2.94. The van der Waals surface area contributed by atoms with Crippen molar-refractivity contribution in [3.05, 3.63) is 33.9 Å². The van der Waals surface area contributed by atoms with Crippen LogP contribution in [0.1, 0.15) is 30.1 Å². The Morgan fingerprint density at radius 2 is 2.30 bits per heavy atom. The average molecular weight is 277 g/mol. The molecule has 7 heteroatoms. The molecule has 1 aromatic carbocycles. The molecule has 0 fully saturated rings. The molecule has 20 heavy (non-hydrogen) atoms. The summed E-state index contributed by atoms with van der Waals surface area (Å²) in [6.45, 7) is 1.91. The van der Waals surface area contributed by atoms with Crippen molar-refractivity contribution in [1.29, 1.82) is 5.26 Å². The van der Waals surface area contributed by atoms with Crippen molar-refractivity contribution in [2.45, 2.75) is 25.8 Å². The zero-order valence-electron chi connectivity index (χ0n) is 11.3. The smallest absolute Gasteiger partial charge is 0.310 e. The van der Waals surface area contributed by atoms with E-state index in [2.05, 4.69) is 5.32 Å². The SMILES string of the molecule is CCCC(C#N)NC(=O)c1ccc([N+](=O)[O-])c(OC)c1. The summed E-state index contributed by atoms with van der Waals surface area (Å²) in [5.41, 5.74) is -0.00163. The molecule has 0 aromatic heterocycles. The molecule has 0 radical (unpaired) electrons. The normalized spacial score (nSPS) is 11.2. The standard InChI is InChI=1S/C13H15N3O4/c1-3-4-10(8-14)15-13(17)9-5-6-11(16(18)19)12(7-9)20-2/h5-7,10H,3-4H2,1-2H3,(H,15,17). The Morgan fingerprint density at radius 1 is 1.60 bits per heavy atom. The van der Waals surface area contributed by atoms with Crippen LogP contribution in [0.25, 0.3) is 0 Å². The lowest BCUT2D eigenvalue weighted by Gasteiger charge is -2.11. The van der Waals surface area contributed by atoms with E-state index in [0.717, 1.165) is 6.42 Å². The minimum Gasteiger partial charge on any atom is -0.490 e. The van der Waals surface area contributed by atoms with Gasteiger partial charge >= 0.3 is 5.69 Å². The van der Waals surface area contributed by atoms with Crippen molar-refractivity contribution in [2.75, 3.05) is 7.11 Å². The summed E-state index contributed by atoms with van der Waals surface area (Å²) in [5, 5.41) is 22.2. The summed E-state index contributed by atoms with van der Waals surface area (Å²) < 4.78 is 4.89. The lowest BCUT2D eigenvalue weighted by molar-refractivity contribution is -0.385. The molecule has 106 valence electrons. The van der Waals surface area contributed by atoms with Crippen LogP contribution < -0.4 is 10.1 Å². The van der Waals surface area contributed by atoms with E-state index in [-0.39, 0.29) is 17.0 Å². The Labute approximate surface area is 116 Å². The summed E-state index contributed by atoms with van der Waals surface area (Å²) in [4.78, 5) is 22.1. The molecule has 0 spiro atoms. The second-order valence-corrected chi connectivity index (χ2v) is 4.09. The van der Waals surface area contributed by atoms with Crippen molar-refractivity contribution in [1.82, 2.24) is 5.32 Å². The van der Waals surface area contributed by atoms with Gasteiger partial charge in [0, 0.05) is 17.7 Å². The summed E-state index contributed by atoms with van der Waals surface area (Å²) in [6.07, 6.45) is 1.31. The molecule has 0 saturated heterocycles. The van der Waals surface area contributed by atoms with Crippen LogP contribution in [0.15, 0.2) is 18.2 Å². The number of carbonyl (C=O) groups excluding carboxylic acids is 1. The Hall–Kier alpha value is -2.62. The Kier molecular flexibility index (Phi) is 5.47. The Morgan fingerprint density at radius 3 is 2.80 bits per heavy atom. The highest BCUT2D eigenvalue weighted by molar-refractivity contribution is 5.95. The number of benzene rings is 1. The quantitative estimate of drug-likeness (QED) is 0.632. The number of hydrogen-bond acceptors (Lipinski definition) is 5. The molecule has 0 bridgehead atoms. The highest BCUT2D eigenvalue weighted by atomic mass is 16.6. The van der Waals surface area contributed by atoms with E-state index >= 15 is 0 Å². The van der Waals surface area contributed by atoms with Crippen molar-refractivity contribution in [3.63, 3.8) is 0 Å². The van der Waals surface area contributed by atoms with Crippen molar-refractivity contribution < 1.29 is 14.5 Å². The molecular formula is C13H15N3O4. The van der Waals surface area contributed by atoms with Crippen LogP contribution in [0.3, 0.4) is 0 Å². The zero-order valence-corrected chi connectivity index (χ0v) is 11.3. The summed E-state index contributed by atoms with van der Waals surface area (Å²) in [6, 6.07) is 5.23. The number of carbonyl (C=O) groups is 1. The molecule has 0 aliphatic carbocycles. The molecule has 1 aromatic rings. The van der Waals surface area contributed by atoms with Gasteiger partial charge in [-0.25, -0.2) is 0 Å². The average Bonchev–Trinajstić information content (AvgIpc) is 2.45. The zero-order chi connectivity index (χ0) is 15.1. The predicted molar refractivity (Wildman–Crippen MR) is 71.4 cm³/mol. The molecule has 7 nitrogen and oxygen atoms in total. The molecule has 0 saturated carbocycles. The number of nitro benzene ring substituents is 1. The van der Waals surface area contributed by atoms with E-state index in [9.17, 15) is 14.9 Å². The van der Waals surface area contributed by atoms with Crippen LogP contribution in [0.4, 0.5) is 5.69 Å². The fourth-order valence-electron chi connectivity index (χ4n) is 1.67. The second kappa shape index (κ2) is 7.09. The second-order valence-electron chi connectivity index (χ2n) is 4.09. The van der Waals surface area contributed by atoms with Crippen LogP contribution >= 0.6 is 0 Å². The lowest BCUT2D eigenvalue weighted by Crippen LogP contribution is -2.33. The van der Waals surface area contributed by atoms with Crippen molar-refractivity contribution in [2.24, 2.45) is 0 Å². The monoisotopic (exact) mass is 277 g/mol. The fourth-order valence-corrected chi connectivity index (χ4v) is 1.67. The van der Waals surface area contributed by atoms with Gasteiger partial charge in [-0.15, -0.1) is 0 Å². The van der Waals surface area contributed by atoms with Crippen LogP contribution in [-0.4, -0.2) is 24.0 Å². The number of nitriles is 1. The van der Waals surface area contributed by atoms with Crippen LogP contribution in [-0.2, 0) is 0 Å². The Bertz CT molecular complexity index is 551. The van der Waals surface area contributed by atoms with E-state index in [1.54, 1.807) is 0 Å². The molecule has 1 amide bonds. The van der Waals surface area contributed by atoms with Gasteiger partial charge in [0.1, 0.15) is 6.04 Å². The topological polar surface area (TPSA) is 105 Å². The van der Waals surface area contributed by atoms with E-state index in [0.29, 0.717) is 6.42 Å². The first kappa shape index (κ1) is 15.4. The maximum Gasteiger partial charge on any atom is 0.310 e. The number of rotatable bonds is 6. The largest absolute Gasteiger partial charge is 0.490 e. The molecule has 0 heterocycles. The van der Waals surface area contributed by atoms with Gasteiger partial charge in [0.2, 0.25) is 0 Å². The molecular weight excluding hydrogens is 262 g/mol. The van der Waals surface area contributed by atoms with E-state index in [4.69, 9.17) is 10.00 Å². The van der Waals surface area contributed by atoms with Gasteiger partial charge in [0.05, 0.1) is 18.1 Å². The maximum absolute atomic E-state index is 12.0. The van der Waals surface area contributed by atoms with Crippen molar-refractivity contribution in [3.8, 4) is 11.8 Å². The molecule has 0 aliphatic rings.